The third-order valence-corrected chi connectivity index (χ3v) is 3.58. The maximum absolute atomic E-state index is 11.5. The van der Waals surface area contributed by atoms with Gasteiger partial charge in [0.05, 0.1) is 13.0 Å². The van der Waals surface area contributed by atoms with Crippen LogP contribution in [0.1, 0.15) is 42.4 Å². The molecule has 2 rings (SSSR count). The summed E-state index contributed by atoms with van der Waals surface area (Å²) < 4.78 is 4.97. The van der Waals surface area contributed by atoms with Gasteiger partial charge in [-0.25, -0.2) is 0 Å². The lowest BCUT2D eigenvalue weighted by Crippen LogP contribution is -2.18. The molecule has 0 amide bonds. The molecule has 0 fully saturated rings. The third kappa shape index (κ3) is 2.91. The first-order valence-corrected chi connectivity index (χ1v) is 6.72. The first-order chi connectivity index (χ1) is 8.74. The fourth-order valence-corrected chi connectivity index (χ4v) is 2.70. The van der Waals surface area contributed by atoms with E-state index in [2.05, 4.69) is 12.1 Å². The van der Waals surface area contributed by atoms with Gasteiger partial charge in [-0.2, -0.15) is 0 Å². The summed E-state index contributed by atoms with van der Waals surface area (Å²) in [6.45, 7) is 2.99. The van der Waals surface area contributed by atoms with Crippen molar-refractivity contribution in [3.8, 4) is 0 Å². The monoisotopic (exact) mass is 247 g/mol. The summed E-state index contributed by atoms with van der Waals surface area (Å²) >= 11 is 0. The minimum absolute atomic E-state index is 0.149. The van der Waals surface area contributed by atoms with Crippen molar-refractivity contribution >= 4 is 5.97 Å². The van der Waals surface area contributed by atoms with Crippen LogP contribution in [0, 0.1) is 0 Å². The van der Waals surface area contributed by atoms with Gasteiger partial charge in [0.1, 0.15) is 0 Å². The fourth-order valence-electron chi connectivity index (χ4n) is 2.70. The van der Waals surface area contributed by atoms with Crippen LogP contribution in [0.5, 0.6) is 0 Å². The second-order valence-electron chi connectivity index (χ2n) is 4.84. The van der Waals surface area contributed by atoms with E-state index in [1.165, 1.54) is 24.0 Å². The number of fused-ring (bicyclic) bond motifs is 1. The summed E-state index contributed by atoms with van der Waals surface area (Å²) in [4.78, 5) is 11.5. The van der Waals surface area contributed by atoms with Crippen LogP contribution in [0.15, 0.2) is 18.2 Å². The molecule has 0 aromatic heterocycles. The van der Waals surface area contributed by atoms with Crippen molar-refractivity contribution in [2.75, 3.05) is 13.2 Å². The Bertz CT molecular complexity index is 429. The Balaban J connectivity index is 2.14. The Hall–Kier alpha value is -1.35. The van der Waals surface area contributed by atoms with E-state index in [4.69, 9.17) is 10.5 Å². The maximum Gasteiger partial charge on any atom is 0.310 e. The van der Waals surface area contributed by atoms with Gasteiger partial charge in [-0.05, 0) is 55.3 Å². The Labute approximate surface area is 108 Å². The van der Waals surface area contributed by atoms with Crippen molar-refractivity contribution < 1.29 is 9.53 Å². The molecule has 98 valence electrons. The predicted molar refractivity (Wildman–Crippen MR) is 71.5 cm³/mol. The van der Waals surface area contributed by atoms with E-state index in [-0.39, 0.29) is 5.97 Å². The lowest BCUT2D eigenvalue weighted by molar-refractivity contribution is -0.142. The zero-order valence-electron chi connectivity index (χ0n) is 10.9. The van der Waals surface area contributed by atoms with Crippen LogP contribution in [0.2, 0.25) is 0 Å². The summed E-state index contributed by atoms with van der Waals surface area (Å²) in [5, 5.41) is 0. The molecule has 18 heavy (non-hydrogen) atoms. The predicted octanol–water partition coefficient (Wildman–Crippen LogP) is 2.17. The number of carbonyl (C=O) groups excluding carboxylic acids is 1. The van der Waals surface area contributed by atoms with Crippen LogP contribution < -0.4 is 5.73 Å². The van der Waals surface area contributed by atoms with Gasteiger partial charge < -0.3 is 10.5 Å². The zero-order chi connectivity index (χ0) is 13.0. The van der Waals surface area contributed by atoms with Crippen molar-refractivity contribution in [3.05, 3.63) is 34.9 Å². The normalized spacial score (nSPS) is 18.2. The summed E-state index contributed by atoms with van der Waals surface area (Å²) in [6, 6.07) is 6.32. The summed E-state index contributed by atoms with van der Waals surface area (Å²) in [5.74, 6) is 0.342. The second kappa shape index (κ2) is 6.01. The van der Waals surface area contributed by atoms with Crippen molar-refractivity contribution in [2.24, 2.45) is 5.73 Å². The number of rotatable bonds is 4. The minimum atomic E-state index is -0.149. The average molecular weight is 247 g/mol. The van der Waals surface area contributed by atoms with E-state index >= 15 is 0 Å². The SMILES string of the molecule is CCOC(=O)Cc1ccc2c(c1)CCCC2CN. The molecular formula is C15H21NO2. The Kier molecular flexibility index (Phi) is 4.37. The van der Waals surface area contributed by atoms with Gasteiger partial charge in [-0.15, -0.1) is 0 Å². The number of aryl methyl sites for hydroxylation is 1. The van der Waals surface area contributed by atoms with Crippen molar-refractivity contribution in [1.29, 1.82) is 0 Å². The molecule has 0 aliphatic heterocycles. The van der Waals surface area contributed by atoms with E-state index < -0.39 is 0 Å². The van der Waals surface area contributed by atoms with Gasteiger partial charge in [0.2, 0.25) is 0 Å². The Morgan fingerprint density at radius 1 is 1.50 bits per heavy atom. The van der Waals surface area contributed by atoms with Gasteiger partial charge in [0, 0.05) is 0 Å². The molecule has 1 aliphatic carbocycles. The van der Waals surface area contributed by atoms with Crippen LogP contribution in [0.25, 0.3) is 0 Å². The van der Waals surface area contributed by atoms with Crippen LogP contribution in [-0.2, 0) is 22.4 Å². The summed E-state index contributed by atoms with van der Waals surface area (Å²) in [7, 11) is 0. The van der Waals surface area contributed by atoms with Crippen LogP contribution in [0.3, 0.4) is 0 Å². The summed E-state index contributed by atoms with van der Waals surface area (Å²) in [5.41, 5.74) is 9.58. The molecule has 0 bridgehead atoms. The molecule has 1 aliphatic rings. The molecule has 0 heterocycles. The molecule has 0 saturated carbocycles. The molecule has 3 heteroatoms. The van der Waals surface area contributed by atoms with E-state index in [9.17, 15) is 4.79 Å². The molecule has 1 atom stereocenters. The first kappa shape index (κ1) is 13.1. The highest BCUT2D eigenvalue weighted by Crippen LogP contribution is 2.31. The number of benzene rings is 1. The molecule has 1 unspecified atom stereocenters. The number of ether oxygens (including phenoxy) is 1. The van der Waals surface area contributed by atoms with Gasteiger partial charge >= 0.3 is 5.97 Å². The molecule has 2 N–H and O–H groups in total. The standard InChI is InChI=1S/C15H21NO2/c1-2-18-15(17)9-11-6-7-14-12(8-11)4-3-5-13(14)10-16/h6-8,13H,2-5,9-10,16H2,1H3. The number of carbonyl (C=O) groups is 1. The van der Waals surface area contributed by atoms with Gasteiger partial charge in [0.25, 0.3) is 0 Å². The van der Waals surface area contributed by atoms with Gasteiger partial charge in [0.15, 0.2) is 0 Å². The third-order valence-electron chi connectivity index (χ3n) is 3.58. The van der Waals surface area contributed by atoms with E-state index in [1.807, 2.05) is 13.0 Å². The van der Waals surface area contributed by atoms with E-state index in [0.29, 0.717) is 25.5 Å². The summed E-state index contributed by atoms with van der Waals surface area (Å²) in [6.07, 6.45) is 3.84. The topological polar surface area (TPSA) is 52.3 Å². The quantitative estimate of drug-likeness (QED) is 0.830. The van der Waals surface area contributed by atoms with Crippen molar-refractivity contribution in [1.82, 2.24) is 0 Å². The fraction of sp³-hybridized carbons (Fsp3) is 0.533. The van der Waals surface area contributed by atoms with Gasteiger partial charge in [-0.1, -0.05) is 18.2 Å². The number of esters is 1. The lowest BCUT2D eigenvalue weighted by atomic mass is 9.82. The first-order valence-electron chi connectivity index (χ1n) is 6.72. The van der Waals surface area contributed by atoms with Crippen LogP contribution >= 0.6 is 0 Å². The van der Waals surface area contributed by atoms with E-state index in [1.54, 1.807) is 0 Å². The minimum Gasteiger partial charge on any atom is -0.466 e. The molecular weight excluding hydrogens is 226 g/mol. The molecule has 1 aromatic rings. The molecule has 1 aromatic carbocycles. The van der Waals surface area contributed by atoms with Crippen molar-refractivity contribution in [3.63, 3.8) is 0 Å². The highest BCUT2D eigenvalue weighted by atomic mass is 16.5. The lowest BCUT2D eigenvalue weighted by Gasteiger charge is -2.24. The molecule has 0 saturated heterocycles. The number of hydrogen-bond donors (Lipinski definition) is 1. The number of nitrogens with two attached hydrogens (primary N) is 1. The number of hydrogen-bond acceptors (Lipinski definition) is 3. The van der Waals surface area contributed by atoms with Crippen LogP contribution in [-0.4, -0.2) is 19.1 Å². The Morgan fingerprint density at radius 2 is 2.33 bits per heavy atom. The molecule has 0 radical (unpaired) electrons. The van der Waals surface area contributed by atoms with Crippen molar-refractivity contribution in [2.45, 2.75) is 38.5 Å². The second-order valence-corrected chi connectivity index (χ2v) is 4.84. The largest absolute Gasteiger partial charge is 0.466 e. The van der Waals surface area contributed by atoms with Crippen LogP contribution in [0.4, 0.5) is 0 Å². The zero-order valence-corrected chi connectivity index (χ0v) is 10.9. The smallest absolute Gasteiger partial charge is 0.310 e. The Morgan fingerprint density at radius 3 is 3.06 bits per heavy atom. The maximum atomic E-state index is 11.5. The molecule has 3 nitrogen and oxygen atoms in total. The van der Waals surface area contributed by atoms with Gasteiger partial charge in [-0.3, -0.25) is 4.79 Å². The highest BCUT2D eigenvalue weighted by Gasteiger charge is 2.19. The molecule has 0 spiro atoms. The highest BCUT2D eigenvalue weighted by molar-refractivity contribution is 5.72. The van der Waals surface area contributed by atoms with E-state index in [0.717, 1.165) is 12.0 Å². The average Bonchev–Trinajstić information content (AvgIpc) is 2.38.